The summed E-state index contributed by atoms with van der Waals surface area (Å²) in [6.07, 6.45) is 1.38. The number of hydrogen-bond donors (Lipinski definition) is 0. The van der Waals surface area contributed by atoms with Gasteiger partial charge in [-0.3, -0.25) is 4.79 Å². The maximum Gasteiger partial charge on any atom is 0.345 e. The molecule has 0 bridgehead atoms. The van der Waals surface area contributed by atoms with Gasteiger partial charge in [-0.2, -0.15) is 0 Å². The van der Waals surface area contributed by atoms with Crippen LogP contribution in [0.2, 0.25) is 0 Å². The minimum Gasteiger partial charge on any atom is -0.454 e. The maximum absolute atomic E-state index is 11.5. The van der Waals surface area contributed by atoms with Crippen molar-refractivity contribution in [1.82, 2.24) is 0 Å². The van der Waals surface area contributed by atoms with E-state index in [-0.39, 0.29) is 12.5 Å². The number of hydrogen-bond acceptors (Lipinski definition) is 4. The summed E-state index contributed by atoms with van der Waals surface area (Å²) < 4.78 is 9.83. The molecule has 4 nitrogen and oxygen atoms in total. The van der Waals surface area contributed by atoms with Gasteiger partial charge in [-0.25, -0.2) is 4.79 Å². The Balaban J connectivity index is 4.58. The number of rotatable bonds is 6. The van der Waals surface area contributed by atoms with Crippen LogP contribution in [0.15, 0.2) is 12.2 Å². The summed E-state index contributed by atoms with van der Waals surface area (Å²) in [5, 5.41) is 0. The van der Waals surface area contributed by atoms with Crippen LogP contribution in [0, 0.1) is 17.8 Å². The van der Waals surface area contributed by atoms with Crippen molar-refractivity contribution >= 4 is 11.9 Å². The highest BCUT2D eigenvalue weighted by atomic mass is 16.6. The van der Waals surface area contributed by atoms with Gasteiger partial charge in [0, 0.05) is 12.8 Å². The average Bonchev–Trinajstić information content (AvgIpc) is 2.31. The first kappa shape index (κ1) is 17.2. The molecule has 0 aromatic heterocycles. The van der Waals surface area contributed by atoms with Gasteiger partial charge in [0.2, 0.25) is 0 Å². The zero-order valence-corrected chi connectivity index (χ0v) is 12.1. The van der Waals surface area contributed by atoms with Crippen molar-refractivity contribution in [3.8, 4) is 11.8 Å². The largest absolute Gasteiger partial charge is 0.454 e. The number of allylic oxidation sites excluding steroid dienone is 1. The van der Waals surface area contributed by atoms with Crippen molar-refractivity contribution in [3.05, 3.63) is 12.2 Å². The van der Waals surface area contributed by atoms with Crippen LogP contribution in [0.1, 0.15) is 40.5 Å². The van der Waals surface area contributed by atoms with Gasteiger partial charge in [-0.05, 0) is 18.9 Å². The summed E-state index contributed by atoms with van der Waals surface area (Å²) in [6.45, 7) is 10.4. The molecule has 0 radical (unpaired) electrons. The molecule has 0 saturated heterocycles. The second-order valence-electron chi connectivity index (χ2n) is 4.51. The number of carbonyl (C=O) groups excluding carboxylic acids is 2. The third-order valence-electron chi connectivity index (χ3n) is 2.34. The molecule has 19 heavy (non-hydrogen) atoms. The summed E-state index contributed by atoms with van der Waals surface area (Å²) in [5.74, 6) is 4.74. The molecule has 0 aliphatic heterocycles. The normalized spacial score (nSPS) is 12.6. The molecule has 2 atom stereocenters. The lowest BCUT2D eigenvalue weighted by molar-refractivity contribution is -0.160. The summed E-state index contributed by atoms with van der Waals surface area (Å²) in [7, 11) is 0. The van der Waals surface area contributed by atoms with Crippen molar-refractivity contribution in [3.63, 3.8) is 0 Å². The minimum absolute atomic E-state index is 0.123. The average molecular weight is 266 g/mol. The van der Waals surface area contributed by atoms with Crippen LogP contribution in [0.5, 0.6) is 0 Å². The first-order valence-electron chi connectivity index (χ1n) is 6.36. The van der Waals surface area contributed by atoms with E-state index in [1.54, 1.807) is 6.92 Å². The fourth-order valence-electron chi connectivity index (χ4n) is 1.43. The van der Waals surface area contributed by atoms with E-state index in [2.05, 4.69) is 30.1 Å². The SMILES string of the molecule is C=C(C)C#CC(OC(=O)COC(C)=O)C(C)CCC. The Bertz CT molecular complexity index is 387. The Morgan fingerprint density at radius 3 is 2.42 bits per heavy atom. The molecule has 0 aromatic rings. The molecule has 106 valence electrons. The highest BCUT2D eigenvalue weighted by molar-refractivity contribution is 5.75. The Morgan fingerprint density at radius 2 is 1.95 bits per heavy atom. The van der Waals surface area contributed by atoms with Crippen molar-refractivity contribution in [2.24, 2.45) is 5.92 Å². The van der Waals surface area contributed by atoms with Gasteiger partial charge in [0.15, 0.2) is 12.7 Å². The van der Waals surface area contributed by atoms with Crippen LogP contribution < -0.4 is 0 Å². The molecule has 2 unspecified atom stereocenters. The molecule has 0 aromatic carbocycles. The van der Waals surface area contributed by atoms with Crippen LogP contribution in [-0.2, 0) is 19.1 Å². The van der Waals surface area contributed by atoms with Gasteiger partial charge >= 0.3 is 11.9 Å². The summed E-state index contributed by atoms with van der Waals surface area (Å²) >= 11 is 0. The van der Waals surface area contributed by atoms with E-state index in [0.29, 0.717) is 5.57 Å². The Kier molecular flexibility index (Phi) is 8.35. The van der Waals surface area contributed by atoms with Crippen LogP contribution in [0.4, 0.5) is 0 Å². The number of carbonyl (C=O) groups is 2. The second-order valence-corrected chi connectivity index (χ2v) is 4.51. The molecule has 0 amide bonds. The van der Waals surface area contributed by atoms with Gasteiger partial charge in [-0.1, -0.05) is 38.7 Å². The zero-order valence-electron chi connectivity index (χ0n) is 12.1. The van der Waals surface area contributed by atoms with Crippen molar-refractivity contribution in [2.75, 3.05) is 6.61 Å². The lowest BCUT2D eigenvalue weighted by Gasteiger charge is -2.19. The lowest BCUT2D eigenvalue weighted by Crippen LogP contribution is -2.26. The highest BCUT2D eigenvalue weighted by Crippen LogP contribution is 2.14. The number of esters is 2. The first-order chi connectivity index (χ1) is 8.86. The van der Waals surface area contributed by atoms with E-state index >= 15 is 0 Å². The first-order valence-corrected chi connectivity index (χ1v) is 6.36. The van der Waals surface area contributed by atoms with Crippen molar-refractivity contribution in [1.29, 1.82) is 0 Å². The van der Waals surface area contributed by atoms with Gasteiger partial charge in [0.05, 0.1) is 0 Å². The minimum atomic E-state index is -0.584. The van der Waals surface area contributed by atoms with E-state index in [1.807, 2.05) is 6.92 Å². The summed E-state index contributed by atoms with van der Waals surface area (Å²) in [4.78, 5) is 22.1. The molecule has 0 rings (SSSR count). The third-order valence-corrected chi connectivity index (χ3v) is 2.34. The molecule has 0 aliphatic rings. The molecule has 0 fully saturated rings. The Hall–Kier alpha value is -1.76. The van der Waals surface area contributed by atoms with Gasteiger partial charge in [-0.15, -0.1) is 0 Å². The molecular weight excluding hydrogens is 244 g/mol. The summed E-state index contributed by atoms with van der Waals surface area (Å²) in [5.41, 5.74) is 0.713. The predicted octanol–water partition coefficient (Wildman–Crippen LogP) is 2.48. The van der Waals surface area contributed by atoms with Crippen LogP contribution in [0.25, 0.3) is 0 Å². The van der Waals surface area contributed by atoms with Crippen molar-refractivity contribution in [2.45, 2.75) is 46.6 Å². The van der Waals surface area contributed by atoms with Crippen LogP contribution in [-0.4, -0.2) is 24.6 Å². The fraction of sp³-hybridized carbons (Fsp3) is 0.600. The van der Waals surface area contributed by atoms with Gasteiger partial charge in [0.25, 0.3) is 0 Å². The maximum atomic E-state index is 11.5. The zero-order chi connectivity index (χ0) is 14.8. The Morgan fingerprint density at radius 1 is 1.32 bits per heavy atom. The lowest BCUT2D eigenvalue weighted by atomic mass is 9.99. The number of ether oxygens (including phenoxy) is 2. The van der Waals surface area contributed by atoms with Gasteiger partial charge < -0.3 is 9.47 Å². The van der Waals surface area contributed by atoms with E-state index in [0.717, 1.165) is 12.8 Å². The highest BCUT2D eigenvalue weighted by Gasteiger charge is 2.19. The molecule has 0 spiro atoms. The van der Waals surface area contributed by atoms with Crippen LogP contribution in [0.3, 0.4) is 0 Å². The van der Waals surface area contributed by atoms with Gasteiger partial charge in [0.1, 0.15) is 0 Å². The Labute approximate surface area is 115 Å². The van der Waals surface area contributed by atoms with Crippen molar-refractivity contribution < 1.29 is 19.1 Å². The molecule has 0 saturated carbocycles. The smallest absolute Gasteiger partial charge is 0.345 e. The topological polar surface area (TPSA) is 52.6 Å². The predicted molar refractivity (Wildman–Crippen MR) is 73.2 cm³/mol. The van der Waals surface area contributed by atoms with E-state index < -0.39 is 18.0 Å². The molecule has 4 heteroatoms. The van der Waals surface area contributed by atoms with E-state index in [1.165, 1.54) is 6.92 Å². The molecule has 0 aliphatic carbocycles. The quantitative estimate of drug-likeness (QED) is 0.547. The second kappa shape index (κ2) is 9.21. The monoisotopic (exact) mass is 266 g/mol. The molecular formula is C15H22O4. The molecule has 0 N–H and O–H groups in total. The van der Waals surface area contributed by atoms with E-state index in [9.17, 15) is 9.59 Å². The van der Waals surface area contributed by atoms with E-state index in [4.69, 9.17) is 4.74 Å². The fourth-order valence-corrected chi connectivity index (χ4v) is 1.43. The third kappa shape index (κ3) is 8.90. The van der Waals surface area contributed by atoms with Crippen LogP contribution >= 0.6 is 0 Å². The summed E-state index contributed by atoms with van der Waals surface area (Å²) in [6, 6.07) is 0. The standard InChI is InChI=1S/C15H22O4/c1-6-7-12(4)14(9-8-11(2)3)19-15(17)10-18-13(5)16/h12,14H,2,6-7,10H2,1,3-5H3. The molecule has 0 heterocycles.